The normalized spacial score (nSPS) is 22.5. The molecule has 0 saturated carbocycles. The van der Waals surface area contributed by atoms with E-state index < -0.39 is 11.9 Å². The predicted octanol–water partition coefficient (Wildman–Crippen LogP) is 3.39. The van der Waals surface area contributed by atoms with E-state index in [0.29, 0.717) is 24.0 Å². The van der Waals surface area contributed by atoms with Crippen LogP contribution < -0.4 is 20.9 Å². The number of aromatic nitrogens is 1. The van der Waals surface area contributed by atoms with Crippen molar-refractivity contribution in [2.24, 2.45) is 5.92 Å². The molecule has 2 aromatic carbocycles. The highest BCUT2D eigenvalue weighted by Gasteiger charge is 2.33. The SMILES string of the molecule is CC1CCN(C2CNCCN2c2ccc(NC(=O)C3CNC=C(C(=O)O)c4[nH]c5ccccc5c43)cc2)CC1. The van der Waals surface area contributed by atoms with E-state index in [2.05, 4.69) is 49.8 Å². The second-order valence-electron chi connectivity index (χ2n) is 10.9. The number of H-pyrrole nitrogens is 1. The lowest BCUT2D eigenvalue weighted by Crippen LogP contribution is -2.60. The maximum Gasteiger partial charge on any atom is 0.339 e. The summed E-state index contributed by atoms with van der Waals surface area (Å²) in [4.78, 5) is 33.9. The molecule has 3 aliphatic rings. The minimum atomic E-state index is -1.04. The van der Waals surface area contributed by atoms with Gasteiger partial charge in [0.1, 0.15) is 0 Å². The Hall–Kier alpha value is -3.82. The standard InChI is InChI=1S/C30H36N6O3/c1-19-10-13-35(14-11-19)26-18-31-12-15-36(26)21-8-6-20(7-9-21)33-29(37)23-16-32-17-24(30(38)39)28-27(23)22-4-2-3-5-25(22)34-28/h2-9,17,19,23,26,31-32,34H,10-16,18H2,1H3,(H,33,37)(H,38,39). The molecule has 9 nitrogen and oxygen atoms in total. The molecular formula is C30H36N6O3. The lowest BCUT2D eigenvalue weighted by molar-refractivity contribution is -0.130. The Labute approximate surface area is 228 Å². The Kier molecular flexibility index (Phi) is 7.01. The number of aliphatic carboxylic acids is 1. The third-order valence-electron chi connectivity index (χ3n) is 8.40. The fourth-order valence-corrected chi connectivity index (χ4v) is 6.19. The molecule has 3 aliphatic heterocycles. The molecule has 9 heteroatoms. The van der Waals surface area contributed by atoms with Crippen LogP contribution in [-0.2, 0) is 9.59 Å². The largest absolute Gasteiger partial charge is 0.478 e. The number of aromatic amines is 1. The molecule has 1 aromatic heterocycles. The first-order chi connectivity index (χ1) is 19.0. The van der Waals surface area contributed by atoms with Crippen LogP contribution in [0.1, 0.15) is 36.9 Å². The van der Waals surface area contributed by atoms with Crippen molar-refractivity contribution in [2.75, 3.05) is 49.5 Å². The van der Waals surface area contributed by atoms with E-state index >= 15 is 0 Å². The van der Waals surface area contributed by atoms with E-state index in [1.807, 2.05) is 36.4 Å². The first-order valence-corrected chi connectivity index (χ1v) is 13.9. The molecule has 2 fully saturated rings. The van der Waals surface area contributed by atoms with Gasteiger partial charge < -0.3 is 30.9 Å². The van der Waals surface area contributed by atoms with Crippen LogP contribution in [0.3, 0.4) is 0 Å². The Morgan fingerprint density at radius 3 is 2.54 bits per heavy atom. The van der Waals surface area contributed by atoms with Gasteiger partial charge in [-0.25, -0.2) is 4.79 Å². The van der Waals surface area contributed by atoms with Crippen LogP contribution in [0.4, 0.5) is 11.4 Å². The van der Waals surface area contributed by atoms with Gasteiger partial charge in [-0.3, -0.25) is 9.69 Å². The van der Waals surface area contributed by atoms with Crippen molar-refractivity contribution >= 4 is 39.7 Å². The molecule has 4 heterocycles. The van der Waals surface area contributed by atoms with E-state index in [1.165, 1.54) is 19.0 Å². The van der Waals surface area contributed by atoms with Crippen molar-refractivity contribution in [3.63, 3.8) is 0 Å². The number of carboxylic acids is 1. The summed E-state index contributed by atoms with van der Waals surface area (Å²) in [5.74, 6) is -0.992. The smallest absolute Gasteiger partial charge is 0.339 e. The van der Waals surface area contributed by atoms with Gasteiger partial charge in [-0.15, -0.1) is 0 Å². The number of nitrogens with zero attached hydrogens (tertiary/aromatic N) is 2. The summed E-state index contributed by atoms with van der Waals surface area (Å²) in [6.45, 7) is 7.73. The third kappa shape index (κ3) is 4.99. The van der Waals surface area contributed by atoms with E-state index in [1.54, 1.807) is 0 Å². The Morgan fingerprint density at radius 1 is 1.00 bits per heavy atom. The van der Waals surface area contributed by atoms with E-state index in [4.69, 9.17) is 0 Å². The first-order valence-electron chi connectivity index (χ1n) is 13.9. The molecule has 2 saturated heterocycles. The van der Waals surface area contributed by atoms with Crippen molar-refractivity contribution in [3.05, 3.63) is 66.0 Å². The molecule has 1 amide bonds. The van der Waals surface area contributed by atoms with Crippen LogP contribution in [0.2, 0.25) is 0 Å². The van der Waals surface area contributed by atoms with Crippen LogP contribution in [0, 0.1) is 5.92 Å². The number of benzene rings is 2. The number of fused-ring (bicyclic) bond motifs is 3. The molecule has 0 aliphatic carbocycles. The second-order valence-corrected chi connectivity index (χ2v) is 10.9. The third-order valence-corrected chi connectivity index (χ3v) is 8.40. The van der Waals surface area contributed by atoms with Crippen LogP contribution >= 0.6 is 0 Å². The second kappa shape index (κ2) is 10.7. The summed E-state index contributed by atoms with van der Waals surface area (Å²) < 4.78 is 0. The molecule has 2 unspecified atom stereocenters. The van der Waals surface area contributed by atoms with Gasteiger partial charge in [-0.1, -0.05) is 25.1 Å². The number of piperazine rings is 1. The van der Waals surface area contributed by atoms with Gasteiger partial charge in [0.25, 0.3) is 0 Å². The summed E-state index contributed by atoms with van der Waals surface area (Å²) in [7, 11) is 0. The fourth-order valence-electron chi connectivity index (χ4n) is 6.19. The quantitative estimate of drug-likeness (QED) is 0.345. The number of para-hydroxylation sites is 1. The number of carboxylic acid groups (broad SMARTS) is 1. The molecule has 0 radical (unpaired) electrons. The Morgan fingerprint density at radius 2 is 1.77 bits per heavy atom. The summed E-state index contributed by atoms with van der Waals surface area (Å²) in [6.07, 6.45) is 4.30. The molecule has 204 valence electrons. The van der Waals surface area contributed by atoms with Gasteiger partial charge >= 0.3 is 5.97 Å². The maximum absolute atomic E-state index is 13.6. The molecule has 2 atom stereocenters. The van der Waals surface area contributed by atoms with Gasteiger partial charge in [0.2, 0.25) is 5.91 Å². The number of carbonyl (C=O) groups excluding carboxylic acids is 1. The monoisotopic (exact) mass is 528 g/mol. The Balaban J connectivity index is 1.21. The van der Waals surface area contributed by atoms with Gasteiger partial charge in [-0.2, -0.15) is 0 Å². The highest BCUT2D eigenvalue weighted by atomic mass is 16.4. The number of likely N-dealkylation sites (tertiary alicyclic amines) is 1. The number of carbonyl (C=O) groups is 2. The maximum atomic E-state index is 13.6. The molecule has 5 N–H and O–H groups in total. The molecule has 3 aromatic rings. The van der Waals surface area contributed by atoms with Crippen LogP contribution in [0.25, 0.3) is 16.5 Å². The highest BCUT2D eigenvalue weighted by Crippen LogP contribution is 2.36. The summed E-state index contributed by atoms with van der Waals surface area (Å²) in [5, 5.41) is 20.3. The lowest BCUT2D eigenvalue weighted by atomic mass is 9.93. The number of hydrogen-bond donors (Lipinski definition) is 5. The molecule has 0 spiro atoms. The van der Waals surface area contributed by atoms with E-state index in [-0.39, 0.29) is 11.5 Å². The lowest BCUT2D eigenvalue weighted by Gasteiger charge is -2.46. The van der Waals surface area contributed by atoms with Crippen molar-refractivity contribution in [2.45, 2.75) is 31.8 Å². The van der Waals surface area contributed by atoms with Crippen molar-refractivity contribution < 1.29 is 14.7 Å². The van der Waals surface area contributed by atoms with Crippen molar-refractivity contribution in [3.8, 4) is 0 Å². The van der Waals surface area contributed by atoms with Gasteiger partial charge in [0, 0.05) is 73.3 Å². The number of amides is 1. The fraction of sp³-hybridized carbons (Fsp3) is 0.400. The van der Waals surface area contributed by atoms with Crippen molar-refractivity contribution in [1.82, 2.24) is 20.5 Å². The van der Waals surface area contributed by atoms with Crippen LogP contribution in [0.15, 0.2) is 54.7 Å². The number of nitrogens with one attached hydrogen (secondary N) is 4. The van der Waals surface area contributed by atoms with Gasteiger partial charge in [0.15, 0.2) is 0 Å². The molecule has 6 rings (SSSR count). The average Bonchev–Trinajstić information content (AvgIpc) is 3.21. The molecule has 39 heavy (non-hydrogen) atoms. The zero-order chi connectivity index (χ0) is 26.9. The van der Waals surface area contributed by atoms with Crippen LogP contribution in [-0.4, -0.2) is 72.3 Å². The first kappa shape index (κ1) is 25.5. The summed E-state index contributed by atoms with van der Waals surface area (Å²) in [5.41, 5.74) is 3.99. The number of rotatable bonds is 5. The average molecular weight is 529 g/mol. The molecule has 0 bridgehead atoms. The zero-order valence-electron chi connectivity index (χ0n) is 22.2. The number of hydrogen-bond acceptors (Lipinski definition) is 6. The highest BCUT2D eigenvalue weighted by molar-refractivity contribution is 6.17. The predicted molar refractivity (Wildman–Crippen MR) is 154 cm³/mol. The molecular weight excluding hydrogens is 492 g/mol. The van der Waals surface area contributed by atoms with Gasteiger partial charge in [0.05, 0.1) is 23.4 Å². The van der Waals surface area contributed by atoms with E-state index in [0.717, 1.165) is 60.9 Å². The minimum absolute atomic E-state index is 0.120. The number of anilines is 2. The number of piperidine rings is 1. The summed E-state index contributed by atoms with van der Waals surface area (Å²) in [6, 6.07) is 15.7. The van der Waals surface area contributed by atoms with Crippen LogP contribution in [0.5, 0.6) is 0 Å². The minimum Gasteiger partial charge on any atom is -0.478 e. The van der Waals surface area contributed by atoms with E-state index in [9.17, 15) is 14.7 Å². The Bertz CT molecular complexity index is 1390. The zero-order valence-corrected chi connectivity index (χ0v) is 22.2. The van der Waals surface area contributed by atoms with Crippen molar-refractivity contribution in [1.29, 1.82) is 0 Å². The summed E-state index contributed by atoms with van der Waals surface area (Å²) >= 11 is 0. The topological polar surface area (TPSA) is 113 Å². The van der Waals surface area contributed by atoms with Gasteiger partial charge in [-0.05, 0) is 49.1 Å².